The molecule has 2 aromatic carbocycles. The number of piperazine rings is 1. The molecular weight excluding hydrogens is 486 g/mol. The fourth-order valence-electron chi connectivity index (χ4n) is 6.33. The van der Waals surface area contributed by atoms with Crippen molar-refractivity contribution in [1.82, 2.24) is 24.8 Å². The molecule has 0 saturated carbocycles. The Morgan fingerprint density at radius 2 is 1.78 bits per heavy atom. The van der Waals surface area contributed by atoms with Gasteiger partial charge in [0, 0.05) is 54.9 Å². The number of likely N-dealkylation sites (N-methyl/N-ethyl adjacent to an activating group) is 1. The standard InChI is InChI=1S/C28H32ClN7O/c1-34-10-12-36(13-11-34)19-3-5-22-23(15-19)32-27(31-22)25-26(30-24-16-35-8-6-17(24)7-9-35)20-14-18(29)2-4-21(20)33-28(25)37/h2-5,14-15,17,24H,6-13,16H2,1H3,(H,31,32)(H2,30,33,37)/t24-/m1/s1. The van der Waals surface area contributed by atoms with E-state index >= 15 is 0 Å². The van der Waals surface area contributed by atoms with Crippen LogP contribution in [0.3, 0.4) is 0 Å². The van der Waals surface area contributed by atoms with Gasteiger partial charge in [0.2, 0.25) is 0 Å². The summed E-state index contributed by atoms with van der Waals surface area (Å²) in [5.74, 6) is 1.19. The van der Waals surface area contributed by atoms with Crippen molar-refractivity contribution < 1.29 is 0 Å². The fraction of sp³-hybridized carbons (Fsp3) is 0.429. The van der Waals surface area contributed by atoms with Crippen LogP contribution in [0.2, 0.25) is 5.02 Å². The molecule has 192 valence electrons. The lowest BCUT2D eigenvalue weighted by Gasteiger charge is -2.45. The van der Waals surface area contributed by atoms with Gasteiger partial charge in [-0.05, 0) is 75.3 Å². The number of aromatic nitrogens is 3. The maximum Gasteiger partial charge on any atom is 0.261 e. The highest BCUT2D eigenvalue weighted by atomic mass is 35.5. The number of hydrogen-bond acceptors (Lipinski definition) is 6. The monoisotopic (exact) mass is 517 g/mol. The SMILES string of the molecule is CN1CCN(c2ccc3nc(-c4c(N[C@@H]5CN6CCC5CC6)c5cc(Cl)ccc5[nH]c4=O)[nH]c3c2)CC1. The molecule has 0 unspecified atom stereocenters. The van der Waals surface area contributed by atoms with Gasteiger partial charge in [0.25, 0.3) is 5.56 Å². The van der Waals surface area contributed by atoms with Crippen LogP contribution in [-0.2, 0) is 0 Å². The van der Waals surface area contributed by atoms with E-state index in [1.807, 2.05) is 18.2 Å². The van der Waals surface area contributed by atoms with Gasteiger partial charge in [-0.25, -0.2) is 4.98 Å². The molecule has 2 aromatic heterocycles. The van der Waals surface area contributed by atoms with Crippen molar-refractivity contribution in [3.05, 3.63) is 51.8 Å². The van der Waals surface area contributed by atoms with Gasteiger partial charge in [-0.3, -0.25) is 4.79 Å². The molecule has 0 radical (unpaired) electrons. The molecule has 4 fully saturated rings. The van der Waals surface area contributed by atoms with Gasteiger partial charge in [-0.15, -0.1) is 0 Å². The summed E-state index contributed by atoms with van der Waals surface area (Å²) in [5.41, 5.74) is 4.95. The highest BCUT2D eigenvalue weighted by Crippen LogP contribution is 2.36. The molecule has 37 heavy (non-hydrogen) atoms. The summed E-state index contributed by atoms with van der Waals surface area (Å²) in [7, 11) is 2.16. The molecule has 4 aliphatic rings. The second-order valence-corrected chi connectivity index (χ2v) is 11.3. The number of anilines is 2. The van der Waals surface area contributed by atoms with Gasteiger partial charge >= 0.3 is 0 Å². The lowest BCUT2D eigenvalue weighted by atomic mass is 9.83. The minimum absolute atomic E-state index is 0.156. The second-order valence-electron chi connectivity index (χ2n) is 10.9. The molecule has 4 aliphatic heterocycles. The molecule has 2 bridgehead atoms. The minimum atomic E-state index is -0.156. The van der Waals surface area contributed by atoms with Crippen LogP contribution in [0.5, 0.6) is 0 Å². The van der Waals surface area contributed by atoms with E-state index in [4.69, 9.17) is 16.6 Å². The van der Waals surface area contributed by atoms with E-state index in [2.05, 4.69) is 55.2 Å². The molecule has 8 nitrogen and oxygen atoms in total. The van der Waals surface area contributed by atoms with Crippen molar-refractivity contribution in [2.45, 2.75) is 18.9 Å². The summed E-state index contributed by atoms with van der Waals surface area (Å²) in [6.45, 7) is 7.43. The molecule has 9 heteroatoms. The number of piperidine rings is 3. The number of rotatable bonds is 4. The first kappa shape index (κ1) is 23.1. The predicted molar refractivity (Wildman–Crippen MR) is 151 cm³/mol. The molecule has 3 N–H and O–H groups in total. The Balaban J connectivity index is 1.33. The zero-order valence-electron chi connectivity index (χ0n) is 21.1. The van der Waals surface area contributed by atoms with Crippen LogP contribution in [0.15, 0.2) is 41.2 Å². The first-order chi connectivity index (χ1) is 18.0. The Morgan fingerprint density at radius 1 is 0.973 bits per heavy atom. The highest BCUT2D eigenvalue weighted by molar-refractivity contribution is 6.31. The smallest absolute Gasteiger partial charge is 0.261 e. The van der Waals surface area contributed by atoms with Crippen LogP contribution in [0, 0.1) is 5.92 Å². The molecule has 0 aliphatic carbocycles. The number of aromatic amines is 2. The summed E-state index contributed by atoms with van der Waals surface area (Å²) >= 11 is 6.44. The number of H-pyrrole nitrogens is 2. The molecular formula is C28H32ClN7O. The zero-order chi connectivity index (χ0) is 25.1. The predicted octanol–water partition coefficient (Wildman–Crippen LogP) is 3.98. The Bertz CT molecular complexity index is 1530. The first-order valence-electron chi connectivity index (χ1n) is 13.3. The van der Waals surface area contributed by atoms with Gasteiger partial charge in [0.1, 0.15) is 11.4 Å². The van der Waals surface area contributed by atoms with E-state index < -0.39 is 0 Å². The molecule has 8 rings (SSSR count). The van der Waals surface area contributed by atoms with E-state index in [1.54, 1.807) is 0 Å². The third-order valence-electron chi connectivity index (χ3n) is 8.53. The van der Waals surface area contributed by atoms with Crippen molar-refractivity contribution in [2.75, 3.05) is 63.1 Å². The van der Waals surface area contributed by atoms with Crippen LogP contribution in [0.1, 0.15) is 12.8 Å². The van der Waals surface area contributed by atoms with Gasteiger partial charge < -0.3 is 30.0 Å². The van der Waals surface area contributed by atoms with Gasteiger partial charge in [-0.1, -0.05) is 11.6 Å². The molecule has 0 spiro atoms. The molecule has 0 amide bonds. The summed E-state index contributed by atoms with van der Waals surface area (Å²) in [5, 5.41) is 5.37. The van der Waals surface area contributed by atoms with E-state index in [-0.39, 0.29) is 5.56 Å². The molecule has 4 aromatic rings. The largest absolute Gasteiger partial charge is 0.379 e. The van der Waals surface area contributed by atoms with E-state index in [9.17, 15) is 4.79 Å². The third-order valence-corrected chi connectivity index (χ3v) is 8.77. The maximum atomic E-state index is 13.6. The average molecular weight is 518 g/mol. The lowest BCUT2D eigenvalue weighted by molar-refractivity contribution is 0.0976. The number of nitrogens with zero attached hydrogens (tertiary/aromatic N) is 4. The van der Waals surface area contributed by atoms with Crippen LogP contribution < -0.4 is 15.8 Å². The summed E-state index contributed by atoms with van der Waals surface area (Å²) < 4.78 is 0. The van der Waals surface area contributed by atoms with Crippen molar-refractivity contribution in [3.63, 3.8) is 0 Å². The number of halogens is 1. The van der Waals surface area contributed by atoms with Crippen LogP contribution in [0.4, 0.5) is 11.4 Å². The van der Waals surface area contributed by atoms with E-state index in [1.165, 1.54) is 18.5 Å². The van der Waals surface area contributed by atoms with E-state index in [0.29, 0.717) is 28.4 Å². The number of benzene rings is 2. The maximum absolute atomic E-state index is 13.6. The summed E-state index contributed by atoms with van der Waals surface area (Å²) in [6.07, 6.45) is 2.38. The topological polar surface area (TPSA) is 83.3 Å². The number of imidazole rings is 1. The Kier molecular flexibility index (Phi) is 5.64. The normalized spacial score (nSPS) is 24.3. The van der Waals surface area contributed by atoms with Gasteiger partial charge in [0.05, 0.1) is 22.2 Å². The zero-order valence-corrected chi connectivity index (χ0v) is 21.8. The Labute approximate surface area is 220 Å². The first-order valence-corrected chi connectivity index (χ1v) is 13.7. The van der Waals surface area contributed by atoms with Crippen molar-refractivity contribution in [2.24, 2.45) is 5.92 Å². The van der Waals surface area contributed by atoms with Gasteiger partial charge in [0.15, 0.2) is 0 Å². The number of nitrogens with one attached hydrogen (secondary N) is 3. The summed E-state index contributed by atoms with van der Waals surface area (Å²) in [4.78, 5) is 32.3. The van der Waals surface area contributed by atoms with Crippen LogP contribution in [-0.4, -0.2) is 83.7 Å². The van der Waals surface area contributed by atoms with Gasteiger partial charge in [-0.2, -0.15) is 0 Å². The Hall–Kier alpha value is -3.07. The fourth-order valence-corrected chi connectivity index (χ4v) is 6.50. The number of fused-ring (bicyclic) bond motifs is 5. The van der Waals surface area contributed by atoms with E-state index in [0.717, 1.165) is 73.4 Å². The minimum Gasteiger partial charge on any atom is -0.379 e. The number of pyridine rings is 1. The van der Waals surface area contributed by atoms with Crippen molar-refractivity contribution in [1.29, 1.82) is 0 Å². The second kappa shape index (κ2) is 9.04. The summed E-state index contributed by atoms with van der Waals surface area (Å²) in [6, 6.07) is 12.3. The quantitative estimate of drug-likeness (QED) is 0.380. The van der Waals surface area contributed by atoms with Crippen LogP contribution >= 0.6 is 11.6 Å². The lowest BCUT2D eigenvalue weighted by Crippen LogP contribution is -2.53. The van der Waals surface area contributed by atoms with Crippen molar-refractivity contribution >= 4 is 44.9 Å². The number of hydrogen-bond donors (Lipinski definition) is 3. The van der Waals surface area contributed by atoms with Crippen molar-refractivity contribution in [3.8, 4) is 11.4 Å². The molecule has 6 heterocycles. The van der Waals surface area contributed by atoms with Crippen LogP contribution in [0.25, 0.3) is 33.3 Å². The highest BCUT2D eigenvalue weighted by Gasteiger charge is 2.35. The molecule has 4 saturated heterocycles. The third kappa shape index (κ3) is 4.17. The molecule has 1 atom stereocenters. The Morgan fingerprint density at radius 3 is 2.54 bits per heavy atom. The average Bonchev–Trinajstić information content (AvgIpc) is 3.33.